The highest BCUT2D eigenvalue weighted by molar-refractivity contribution is 4.83. The molecule has 0 amide bonds. The average Bonchev–Trinajstić information content (AvgIpc) is 2.45. The predicted molar refractivity (Wildman–Crippen MR) is 92.7 cm³/mol. The van der Waals surface area contributed by atoms with Gasteiger partial charge in [0, 0.05) is 12.1 Å². The van der Waals surface area contributed by atoms with E-state index < -0.39 is 0 Å². The third kappa shape index (κ3) is 5.56. The predicted octanol–water partition coefficient (Wildman–Crippen LogP) is 4.45. The van der Waals surface area contributed by atoms with Crippen LogP contribution >= 0.6 is 0 Å². The molecule has 2 heteroatoms. The molecule has 0 bridgehead atoms. The topological polar surface area (TPSA) is 15.3 Å². The average molecular weight is 295 g/mol. The van der Waals surface area contributed by atoms with E-state index in [-0.39, 0.29) is 0 Å². The molecular weight excluding hydrogens is 256 g/mol. The van der Waals surface area contributed by atoms with Crippen molar-refractivity contribution in [3.05, 3.63) is 0 Å². The van der Waals surface area contributed by atoms with Crippen LogP contribution in [0.4, 0.5) is 0 Å². The van der Waals surface area contributed by atoms with E-state index in [2.05, 4.69) is 37.9 Å². The van der Waals surface area contributed by atoms with Crippen molar-refractivity contribution in [2.24, 2.45) is 11.3 Å². The first kappa shape index (κ1) is 17.3. The second kappa shape index (κ2) is 7.97. The standard InChI is InChI=1S/C19H38N2/c1-16-8-5-6-14-21(16)15-7-13-20-18-11-9-17(10-12-18)19(2,3)4/h16-18,20H,5-15H2,1-4H3. The third-order valence-electron chi connectivity index (χ3n) is 5.95. The minimum absolute atomic E-state index is 0.509. The van der Waals surface area contributed by atoms with Gasteiger partial charge in [0.1, 0.15) is 0 Å². The first-order valence-corrected chi connectivity index (χ1v) is 9.44. The lowest BCUT2D eigenvalue weighted by atomic mass is 9.71. The van der Waals surface area contributed by atoms with E-state index in [0.29, 0.717) is 5.41 Å². The number of likely N-dealkylation sites (tertiary alicyclic amines) is 1. The van der Waals surface area contributed by atoms with Crippen molar-refractivity contribution >= 4 is 0 Å². The lowest BCUT2D eigenvalue weighted by molar-refractivity contribution is 0.150. The second-order valence-corrected chi connectivity index (χ2v) is 8.60. The lowest BCUT2D eigenvalue weighted by Crippen LogP contribution is -2.40. The Bertz CT molecular complexity index is 286. The van der Waals surface area contributed by atoms with Crippen molar-refractivity contribution in [1.82, 2.24) is 10.2 Å². The fourth-order valence-electron chi connectivity index (χ4n) is 4.24. The summed E-state index contributed by atoms with van der Waals surface area (Å²) in [5.41, 5.74) is 0.509. The second-order valence-electron chi connectivity index (χ2n) is 8.60. The Kier molecular flexibility index (Phi) is 6.55. The molecule has 1 heterocycles. The molecule has 1 aliphatic carbocycles. The van der Waals surface area contributed by atoms with Gasteiger partial charge in [0.2, 0.25) is 0 Å². The van der Waals surface area contributed by atoms with Crippen molar-refractivity contribution in [3.8, 4) is 0 Å². The number of nitrogens with one attached hydrogen (secondary N) is 1. The van der Waals surface area contributed by atoms with Gasteiger partial charge in [-0.3, -0.25) is 0 Å². The van der Waals surface area contributed by atoms with E-state index in [0.717, 1.165) is 18.0 Å². The van der Waals surface area contributed by atoms with E-state index in [1.54, 1.807) is 0 Å². The van der Waals surface area contributed by atoms with Crippen molar-refractivity contribution in [3.63, 3.8) is 0 Å². The van der Waals surface area contributed by atoms with Crippen LogP contribution in [0.1, 0.15) is 79.1 Å². The van der Waals surface area contributed by atoms with Crippen LogP contribution in [0.5, 0.6) is 0 Å². The van der Waals surface area contributed by atoms with E-state index in [9.17, 15) is 0 Å². The molecule has 0 aromatic carbocycles. The molecule has 0 aromatic heterocycles. The SMILES string of the molecule is CC1CCCCN1CCCNC1CCC(C(C)(C)C)CC1. The van der Waals surface area contributed by atoms with Gasteiger partial charge in [0.05, 0.1) is 0 Å². The molecule has 2 fully saturated rings. The molecule has 1 saturated heterocycles. The molecule has 1 aliphatic heterocycles. The number of hydrogen-bond acceptors (Lipinski definition) is 2. The summed E-state index contributed by atoms with van der Waals surface area (Å²) in [6.45, 7) is 13.5. The van der Waals surface area contributed by atoms with Crippen LogP contribution in [0.2, 0.25) is 0 Å². The molecule has 2 aliphatic rings. The Morgan fingerprint density at radius 3 is 2.33 bits per heavy atom. The normalized spacial score (nSPS) is 32.3. The summed E-state index contributed by atoms with van der Waals surface area (Å²) >= 11 is 0. The monoisotopic (exact) mass is 294 g/mol. The number of piperidine rings is 1. The van der Waals surface area contributed by atoms with Crippen LogP contribution in [0.15, 0.2) is 0 Å². The van der Waals surface area contributed by atoms with Crippen LogP contribution in [0.25, 0.3) is 0 Å². The molecule has 1 N–H and O–H groups in total. The van der Waals surface area contributed by atoms with Crippen LogP contribution in [-0.2, 0) is 0 Å². The first-order chi connectivity index (χ1) is 9.97. The lowest BCUT2D eigenvalue weighted by Gasteiger charge is -2.37. The zero-order valence-corrected chi connectivity index (χ0v) is 15.0. The van der Waals surface area contributed by atoms with E-state index >= 15 is 0 Å². The Morgan fingerprint density at radius 1 is 1.00 bits per heavy atom. The molecular formula is C19H38N2. The van der Waals surface area contributed by atoms with Gasteiger partial charge in [-0.25, -0.2) is 0 Å². The van der Waals surface area contributed by atoms with Gasteiger partial charge < -0.3 is 10.2 Å². The maximum atomic E-state index is 3.82. The van der Waals surface area contributed by atoms with Gasteiger partial charge >= 0.3 is 0 Å². The van der Waals surface area contributed by atoms with Crippen LogP contribution in [-0.4, -0.2) is 36.6 Å². The number of hydrogen-bond donors (Lipinski definition) is 1. The van der Waals surface area contributed by atoms with E-state index in [1.807, 2.05) is 0 Å². The van der Waals surface area contributed by atoms with Gasteiger partial charge in [-0.2, -0.15) is 0 Å². The summed E-state index contributed by atoms with van der Waals surface area (Å²) in [4.78, 5) is 2.70. The fourth-order valence-corrected chi connectivity index (χ4v) is 4.24. The fraction of sp³-hybridized carbons (Fsp3) is 1.00. The molecule has 0 spiro atoms. The maximum absolute atomic E-state index is 3.82. The van der Waals surface area contributed by atoms with Crippen molar-refractivity contribution in [2.75, 3.05) is 19.6 Å². The number of rotatable bonds is 5. The summed E-state index contributed by atoms with van der Waals surface area (Å²) in [6.07, 6.45) is 11.2. The van der Waals surface area contributed by atoms with E-state index in [1.165, 1.54) is 71.0 Å². The Morgan fingerprint density at radius 2 is 1.71 bits per heavy atom. The van der Waals surface area contributed by atoms with E-state index in [4.69, 9.17) is 0 Å². The molecule has 124 valence electrons. The van der Waals surface area contributed by atoms with Crippen LogP contribution < -0.4 is 5.32 Å². The van der Waals surface area contributed by atoms with Gasteiger partial charge in [-0.05, 0) is 82.8 Å². The van der Waals surface area contributed by atoms with Gasteiger partial charge in [-0.15, -0.1) is 0 Å². The molecule has 1 atom stereocenters. The third-order valence-corrected chi connectivity index (χ3v) is 5.95. The Hall–Kier alpha value is -0.0800. The molecule has 2 nitrogen and oxygen atoms in total. The summed E-state index contributed by atoms with van der Waals surface area (Å²) in [5, 5.41) is 3.82. The highest BCUT2D eigenvalue weighted by Crippen LogP contribution is 2.37. The van der Waals surface area contributed by atoms with Crippen molar-refractivity contribution in [2.45, 2.75) is 91.1 Å². The molecule has 2 rings (SSSR count). The van der Waals surface area contributed by atoms with Crippen molar-refractivity contribution < 1.29 is 0 Å². The minimum Gasteiger partial charge on any atom is -0.314 e. The van der Waals surface area contributed by atoms with Crippen LogP contribution in [0, 0.1) is 11.3 Å². The smallest absolute Gasteiger partial charge is 0.00672 e. The van der Waals surface area contributed by atoms with Gasteiger partial charge in [0.15, 0.2) is 0 Å². The molecule has 0 aromatic rings. The molecule has 1 saturated carbocycles. The quantitative estimate of drug-likeness (QED) is 0.754. The Labute approximate surface area is 133 Å². The molecule has 0 radical (unpaired) electrons. The zero-order chi connectivity index (χ0) is 15.3. The van der Waals surface area contributed by atoms with Gasteiger partial charge in [-0.1, -0.05) is 27.2 Å². The summed E-state index contributed by atoms with van der Waals surface area (Å²) in [7, 11) is 0. The highest BCUT2D eigenvalue weighted by atomic mass is 15.2. The van der Waals surface area contributed by atoms with Crippen molar-refractivity contribution in [1.29, 1.82) is 0 Å². The minimum atomic E-state index is 0.509. The Balaban J connectivity index is 1.56. The number of nitrogens with zero attached hydrogens (tertiary/aromatic N) is 1. The van der Waals surface area contributed by atoms with Crippen LogP contribution in [0.3, 0.4) is 0 Å². The first-order valence-electron chi connectivity index (χ1n) is 9.44. The zero-order valence-electron chi connectivity index (χ0n) is 15.0. The summed E-state index contributed by atoms with van der Waals surface area (Å²) < 4.78 is 0. The highest BCUT2D eigenvalue weighted by Gasteiger charge is 2.29. The van der Waals surface area contributed by atoms with Gasteiger partial charge in [0.25, 0.3) is 0 Å². The molecule has 1 unspecified atom stereocenters. The maximum Gasteiger partial charge on any atom is 0.00672 e. The summed E-state index contributed by atoms with van der Waals surface area (Å²) in [5.74, 6) is 0.935. The summed E-state index contributed by atoms with van der Waals surface area (Å²) in [6, 6.07) is 1.61. The largest absolute Gasteiger partial charge is 0.314 e. The molecule has 21 heavy (non-hydrogen) atoms.